The Morgan fingerprint density at radius 1 is 1.14 bits per heavy atom. The number of carbonyl (C=O) groups excluding carboxylic acids is 1. The van der Waals surface area contributed by atoms with Crippen LogP contribution in [0.1, 0.15) is 24.2 Å². The van der Waals surface area contributed by atoms with Crippen LogP contribution in [0.2, 0.25) is 0 Å². The predicted molar refractivity (Wildman–Crippen MR) is 127 cm³/mol. The first-order valence-electron chi connectivity index (χ1n) is 9.30. The molecule has 0 spiro atoms. The van der Waals surface area contributed by atoms with Crippen LogP contribution in [0.25, 0.3) is 10.2 Å². The van der Waals surface area contributed by atoms with E-state index in [0.29, 0.717) is 23.0 Å². The maximum Gasteiger partial charge on any atom is 0.260 e. The number of aromatic nitrogens is 1. The van der Waals surface area contributed by atoms with Gasteiger partial charge in [0.15, 0.2) is 5.13 Å². The highest BCUT2D eigenvalue weighted by Gasteiger charge is 2.22. The summed E-state index contributed by atoms with van der Waals surface area (Å²) >= 11 is 5.04. The molecule has 29 heavy (non-hydrogen) atoms. The minimum Gasteiger partial charge on any atom is -0.497 e. The molecule has 1 aromatic heterocycles. The number of hydrogen-bond acceptors (Lipinski definition) is 5. The van der Waals surface area contributed by atoms with Crippen molar-refractivity contribution in [3.63, 3.8) is 0 Å². The molecule has 0 aliphatic rings. The number of rotatable bonds is 8. The molecule has 0 atom stereocenters. The maximum absolute atomic E-state index is 13.4. The summed E-state index contributed by atoms with van der Waals surface area (Å²) in [6.07, 6.45) is 0. The summed E-state index contributed by atoms with van der Waals surface area (Å²) in [6, 6.07) is 13.2. The smallest absolute Gasteiger partial charge is 0.260 e. The van der Waals surface area contributed by atoms with Gasteiger partial charge in [-0.05, 0) is 49.5 Å². The summed E-state index contributed by atoms with van der Waals surface area (Å²) in [5.41, 5.74) is 1.49. The molecule has 1 heterocycles. The molecule has 3 rings (SSSR count). The van der Waals surface area contributed by atoms with E-state index in [-0.39, 0.29) is 18.3 Å². The Morgan fingerprint density at radius 2 is 1.90 bits per heavy atom. The number of nitrogens with zero attached hydrogens (tertiary/aromatic N) is 3. The molecule has 0 unspecified atom stereocenters. The monoisotopic (exact) mass is 497 g/mol. The minimum absolute atomic E-state index is 0. The molecule has 8 heteroatoms. The number of amides is 1. The number of thiazole rings is 1. The summed E-state index contributed by atoms with van der Waals surface area (Å²) in [5.74, 6) is 0.604. The summed E-state index contributed by atoms with van der Waals surface area (Å²) < 4.78 is 7.34. The number of benzene rings is 2. The normalized spacial score (nSPS) is 10.8. The Labute approximate surface area is 190 Å². The van der Waals surface area contributed by atoms with Gasteiger partial charge < -0.3 is 9.64 Å². The number of ether oxygens (including phenoxy) is 1. The van der Waals surface area contributed by atoms with Crippen LogP contribution in [0, 0.1) is 0 Å². The lowest BCUT2D eigenvalue weighted by Gasteiger charge is -2.24. The van der Waals surface area contributed by atoms with Gasteiger partial charge in [0.1, 0.15) is 5.75 Å². The molecule has 0 saturated heterocycles. The molecule has 3 aromatic rings. The molecule has 2 aromatic carbocycles. The van der Waals surface area contributed by atoms with Gasteiger partial charge in [-0.3, -0.25) is 9.69 Å². The first-order chi connectivity index (χ1) is 13.5. The van der Waals surface area contributed by atoms with Crippen molar-refractivity contribution in [2.75, 3.05) is 38.2 Å². The van der Waals surface area contributed by atoms with Gasteiger partial charge in [0.05, 0.1) is 17.3 Å². The molecule has 0 radical (unpaired) electrons. The van der Waals surface area contributed by atoms with Gasteiger partial charge in [-0.2, -0.15) is 0 Å². The topological polar surface area (TPSA) is 45.7 Å². The molecular formula is C21H25BrClN3O2S. The average molecular weight is 499 g/mol. The van der Waals surface area contributed by atoms with Gasteiger partial charge >= 0.3 is 0 Å². The highest BCUT2D eigenvalue weighted by atomic mass is 79.9. The lowest BCUT2D eigenvalue weighted by molar-refractivity contribution is 0.0983. The minimum atomic E-state index is -0.0656. The molecule has 1 amide bonds. The first kappa shape index (κ1) is 23.6. The molecule has 5 nitrogen and oxygen atoms in total. The predicted octanol–water partition coefficient (Wildman–Crippen LogP) is 5.48. The van der Waals surface area contributed by atoms with Crippen LogP contribution < -0.4 is 9.64 Å². The highest BCUT2D eigenvalue weighted by Crippen LogP contribution is 2.32. The van der Waals surface area contributed by atoms with Crippen molar-refractivity contribution in [1.29, 1.82) is 0 Å². The van der Waals surface area contributed by atoms with Crippen molar-refractivity contribution in [2.24, 2.45) is 0 Å². The molecule has 0 aliphatic carbocycles. The number of halogens is 2. The van der Waals surface area contributed by atoms with Gasteiger partial charge in [-0.25, -0.2) is 4.98 Å². The first-order valence-corrected chi connectivity index (χ1v) is 10.9. The lowest BCUT2D eigenvalue weighted by atomic mass is 10.2. The van der Waals surface area contributed by atoms with E-state index in [1.807, 2.05) is 36.4 Å². The van der Waals surface area contributed by atoms with Crippen LogP contribution >= 0.6 is 39.7 Å². The fourth-order valence-electron chi connectivity index (χ4n) is 2.98. The van der Waals surface area contributed by atoms with Crippen molar-refractivity contribution in [2.45, 2.75) is 13.8 Å². The number of hydrogen-bond donors (Lipinski definition) is 0. The second kappa shape index (κ2) is 10.9. The summed E-state index contributed by atoms with van der Waals surface area (Å²) in [4.78, 5) is 22.2. The number of carbonyl (C=O) groups is 1. The lowest BCUT2D eigenvalue weighted by Crippen LogP contribution is -2.38. The standard InChI is InChI=1S/C21H24BrN3O2S.ClH/c1-4-24(5-2)11-12-25(20(26)15-7-6-8-17(13-15)27-3)21-23-18-10-9-16(22)14-19(18)28-21;/h6-10,13-14H,4-5,11-12H2,1-3H3;1H. The Bertz CT molecular complexity index is 962. The van der Waals surface area contributed by atoms with Crippen LogP contribution in [0.3, 0.4) is 0 Å². The summed E-state index contributed by atoms with van der Waals surface area (Å²) in [5, 5.41) is 0.716. The van der Waals surface area contributed by atoms with Crippen molar-refractivity contribution >= 4 is 60.9 Å². The van der Waals surface area contributed by atoms with Crippen molar-refractivity contribution in [3.8, 4) is 5.75 Å². The molecule has 0 bridgehead atoms. The van der Waals surface area contributed by atoms with Crippen molar-refractivity contribution in [1.82, 2.24) is 9.88 Å². The van der Waals surface area contributed by atoms with Gasteiger partial charge in [0.2, 0.25) is 0 Å². The Balaban J connectivity index is 0.00000300. The Hall–Kier alpha value is -1.67. The fourth-order valence-corrected chi connectivity index (χ4v) is 4.52. The second-order valence-electron chi connectivity index (χ2n) is 6.32. The van der Waals surface area contributed by atoms with E-state index >= 15 is 0 Å². The van der Waals surface area contributed by atoms with E-state index in [9.17, 15) is 4.79 Å². The Morgan fingerprint density at radius 3 is 2.59 bits per heavy atom. The van der Waals surface area contributed by atoms with E-state index in [1.54, 1.807) is 18.1 Å². The van der Waals surface area contributed by atoms with E-state index in [4.69, 9.17) is 9.72 Å². The number of methoxy groups -OCH3 is 1. The van der Waals surface area contributed by atoms with E-state index < -0.39 is 0 Å². The molecule has 0 saturated carbocycles. The molecule has 156 valence electrons. The van der Waals surface area contributed by atoms with Crippen LogP contribution in [0.4, 0.5) is 5.13 Å². The third-order valence-corrected chi connectivity index (χ3v) is 6.20. The van der Waals surface area contributed by atoms with E-state index in [2.05, 4.69) is 34.7 Å². The molecule has 0 N–H and O–H groups in total. The molecular weight excluding hydrogens is 474 g/mol. The van der Waals surface area contributed by atoms with Gasteiger partial charge in [-0.15, -0.1) is 12.4 Å². The number of likely N-dealkylation sites (N-methyl/N-ethyl adjacent to an activating group) is 1. The summed E-state index contributed by atoms with van der Waals surface area (Å²) in [6.45, 7) is 7.54. The zero-order valence-electron chi connectivity index (χ0n) is 16.7. The maximum atomic E-state index is 13.4. The van der Waals surface area contributed by atoms with Crippen molar-refractivity contribution < 1.29 is 9.53 Å². The van der Waals surface area contributed by atoms with Gasteiger partial charge in [0, 0.05) is 23.1 Å². The second-order valence-corrected chi connectivity index (χ2v) is 8.25. The van der Waals surface area contributed by atoms with Crippen LogP contribution in [0.5, 0.6) is 5.75 Å². The van der Waals surface area contributed by atoms with E-state index in [1.165, 1.54) is 11.3 Å². The van der Waals surface area contributed by atoms with Gasteiger partial charge in [0.25, 0.3) is 5.91 Å². The SMILES string of the molecule is CCN(CC)CCN(C(=O)c1cccc(OC)c1)c1nc2ccc(Br)cc2s1.Cl. The summed E-state index contributed by atoms with van der Waals surface area (Å²) in [7, 11) is 1.60. The number of fused-ring (bicyclic) bond motifs is 1. The fraction of sp³-hybridized carbons (Fsp3) is 0.333. The average Bonchev–Trinajstić information content (AvgIpc) is 3.13. The quantitative estimate of drug-likeness (QED) is 0.413. The Kier molecular flexibility index (Phi) is 8.89. The number of anilines is 1. The highest BCUT2D eigenvalue weighted by molar-refractivity contribution is 9.10. The van der Waals surface area contributed by atoms with Crippen LogP contribution in [0.15, 0.2) is 46.9 Å². The van der Waals surface area contributed by atoms with E-state index in [0.717, 1.165) is 34.3 Å². The zero-order valence-corrected chi connectivity index (χ0v) is 19.9. The molecule has 0 fully saturated rings. The van der Waals surface area contributed by atoms with Crippen molar-refractivity contribution in [3.05, 3.63) is 52.5 Å². The largest absolute Gasteiger partial charge is 0.497 e. The third-order valence-electron chi connectivity index (χ3n) is 4.67. The third kappa shape index (κ3) is 5.69. The van der Waals surface area contributed by atoms with Gasteiger partial charge in [-0.1, -0.05) is 47.2 Å². The zero-order chi connectivity index (χ0) is 20.1. The molecule has 0 aliphatic heterocycles. The van der Waals surface area contributed by atoms with Crippen LogP contribution in [-0.4, -0.2) is 49.1 Å². The van der Waals surface area contributed by atoms with Crippen LogP contribution in [-0.2, 0) is 0 Å².